The van der Waals surface area contributed by atoms with E-state index in [9.17, 15) is 0 Å². The van der Waals surface area contributed by atoms with Crippen LogP contribution in [0.15, 0.2) is 24.3 Å². The maximum atomic E-state index is 4.66. The standard InChI is InChI=1S/C14H19N3/c1-16-14-8-4-3-7-12(14)13(15-16)11-17-9-5-2-6-10-17/h3-4,7-8H,2,5-6,9-11H2,1H3. The number of nitrogens with zero attached hydrogens (tertiary/aromatic N) is 3. The van der Waals surface area contributed by atoms with Gasteiger partial charge in [0.2, 0.25) is 0 Å². The van der Waals surface area contributed by atoms with Crippen LogP contribution in [0.25, 0.3) is 10.9 Å². The summed E-state index contributed by atoms with van der Waals surface area (Å²) < 4.78 is 1.99. The molecule has 2 heterocycles. The average molecular weight is 229 g/mol. The maximum absolute atomic E-state index is 4.66. The molecule has 1 aromatic carbocycles. The van der Waals surface area contributed by atoms with Crippen molar-refractivity contribution in [2.45, 2.75) is 25.8 Å². The molecule has 0 N–H and O–H groups in total. The Morgan fingerprint density at radius 1 is 1.12 bits per heavy atom. The molecule has 2 aromatic rings. The fraction of sp³-hybridized carbons (Fsp3) is 0.500. The molecule has 0 spiro atoms. The number of rotatable bonds is 2. The van der Waals surface area contributed by atoms with Crippen molar-refractivity contribution in [2.24, 2.45) is 7.05 Å². The van der Waals surface area contributed by atoms with E-state index >= 15 is 0 Å². The summed E-state index contributed by atoms with van der Waals surface area (Å²) in [5.41, 5.74) is 2.46. The maximum Gasteiger partial charge on any atom is 0.0843 e. The second kappa shape index (κ2) is 4.49. The van der Waals surface area contributed by atoms with Gasteiger partial charge in [-0.05, 0) is 32.0 Å². The molecular formula is C14H19N3. The zero-order valence-corrected chi connectivity index (χ0v) is 10.4. The predicted molar refractivity (Wildman–Crippen MR) is 69.8 cm³/mol. The van der Waals surface area contributed by atoms with Crippen molar-refractivity contribution < 1.29 is 0 Å². The van der Waals surface area contributed by atoms with Crippen molar-refractivity contribution in [3.63, 3.8) is 0 Å². The first-order valence-electron chi connectivity index (χ1n) is 6.47. The average Bonchev–Trinajstić information content (AvgIpc) is 2.69. The molecule has 0 unspecified atom stereocenters. The minimum atomic E-state index is 1.00. The van der Waals surface area contributed by atoms with Crippen LogP contribution in [-0.4, -0.2) is 27.8 Å². The summed E-state index contributed by atoms with van der Waals surface area (Å²) in [5, 5.41) is 5.96. The van der Waals surface area contributed by atoms with Gasteiger partial charge in [-0.25, -0.2) is 0 Å². The molecule has 3 heteroatoms. The fourth-order valence-corrected chi connectivity index (χ4v) is 2.73. The minimum Gasteiger partial charge on any atom is -0.297 e. The second-order valence-corrected chi connectivity index (χ2v) is 4.92. The van der Waals surface area contributed by atoms with Gasteiger partial charge in [-0.3, -0.25) is 9.58 Å². The first kappa shape index (κ1) is 10.8. The lowest BCUT2D eigenvalue weighted by atomic mass is 10.1. The Labute approximate surface area is 102 Å². The molecule has 90 valence electrons. The highest BCUT2D eigenvalue weighted by molar-refractivity contribution is 5.81. The Kier molecular flexibility index (Phi) is 2.85. The van der Waals surface area contributed by atoms with Crippen LogP contribution in [0.5, 0.6) is 0 Å². The topological polar surface area (TPSA) is 21.1 Å². The minimum absolute atomic E-state index is 1.00. The Hall–Kier alpha value is -1.35. The molecule has 3 nitrogen and oxygen atoms in total. The van der Waals surface area contributed by atoms with Gasteiger partial charge in [-0.2, -0.15) is 5.10 Å². The van der Waals surface area contributed by atoms with Gasteiger partial charge in [-0.1, -0.05) is 24.6 Å². The van der Waals surface area contributed by atoms with Crippen LogP contribution < -0.4 is 0 Å². The predicted octanol–water partition coefficient (Wildman–Crippen LogP) is 2.56. The monoisotopic (exact) mass is 229 g/mol. The fourth-order valence-electron chi connectivity index (χ4n) is 2.73. The number of benzene rings is 1. The normalized spacial score (nSPS) is 17.7. The highest BCUT2D eigenvalue weighted by Gasteiger charge is 2.14. The number of hydrogen-bond acceptors (Lipinski definition) is 2. The molecule has 0 amide bonds. The van der Waals surface area contributed by atoms with E-state index in [-0.39, 0.29) is 0 Å². The number of hydrogen-bond donors (Lipinski definition) is 0. The Balaban J connectivity index is 1.89. The van der Waals surface area contributed by atoms with Crippen LogP contribution in [0, 0.1) is 0 Å². The Morgan fingerprint density at radius 3 is 2.71 bits per heavy atom. The Morgan fingerprint density at radius 2 is 1.88 bits per heavy atom. The van der Waals surface area contributed by atoms with E-state index in [0.717, 1.165) is 6.54 Å². The number of fused-ring (bicyclic) bond motifs is 1. The van der Waals surface area contributed by atoms with E-state index in [1.165, 1.54) is 48.9 Å². The highest BCUT2D eigenvalue weighted by Crippen LogP contribution is 2.20. The molecule has 0 radical (unpaired) electrons. The van der Waals surface area contributed by atoms with Gasteiger partial charge in [0.15, 0.2) is 0 Å². The van der Waals surface area contributed by atoms with Crippen molar-refractivity contribution >= 4 is 10.9 Å². The lowest BCUT2D eigenvalue weighted by Gasteiger charge is -2.25. The molecule has 0 saturated carbocycles. The van der Waals surface area contributed by atoms with Gasteiger partial charge < -0.3 is 0 Å². The number of piperidine rings is 1. The summed E-state index contributed by atoms with van der Waals surface area (Å²) in [7, 11) is 2.03. The Bertz CT molecular complexity index is 509. The number of aryl methyl sites for hydroxylation is 1. The lowest BCUT2D eigenvalue weighted by molar-refractivity contribution is 0.219. The van der Waals surface area contributed by atoms with Gasteiger partial charge in [0.25, 0.3) is 0 Å². The van der Waals surface area contributed by atoms with E-state index in [2.05, 4.69) is 34.3 Å². The SMILES string of the molecule is Cn1nc(CN2CCCCC2)c2ccccc21. The van der Waals surface area contributed by atoms with E-state index in [4.69, 9.17) is 0 Å². The molecular weight excluding hydrogens is 210 g/mol. The smallest absolute Gasteiger partial charge is 0.0843 e. The lowest BCUT2D eigenvalue weighted by Crippen LogP contribution is -2.29. The second-order valence-electron chi connectivity index (χ2n) is 4.92. The van der Waals surface area contributed by atoms with E-state index in [1.54, 1.807) is 0 Å². The van der Waals surface area contributed by atoms with Crippen molar-refractivity contribution in [1.29, 1.82) is 0 Å². The van der Waals surface area contributed by atoms with Gasteiger partial charge in [-0.15, -0.1) is 0 Å². The van der Waals surface area contributed by atoms with Gasteiger partial charge >= 0.3 is 0 Å². The first-order chi connectivity index (χ1) is 8.34. The summed E-state index contributed by atoms with van der Waals surface area (Å²) in [6.45, 7) is 3.46. The summed E-state index contributed by atoms with van der Waals surface area (Å²) in [6, 6.07) is 8.50. The first-order valence-corrected chi connectivity index (χ1v) is 6.47. The molecule has 0 atom stereocenters. The van der Waals surface area contributed by atoms with Crippen molar-refractivity contribution in [3.05, 3.63) is 30.0 Å². The molecule has 1 aliphatic rings. The highest BCUT2D eigenvalue weighted by atomic mass is 15.3. The zero-order valence-electron chi connectivity index (χ0n) is 10.4. The van der Waals surface area contributed by atoms with Crippen molar-refractivity contribution in [3.8, 4) is 0 Å². The summed E-state index contributed by atoms with van der Waals surface area (Å²) in [5.74, 6) is 0. The van der Waals surface area contributed by atoms with Crippen LogP contribution in [0.1, 0.15) is 25.0 Å². The van der Waals surface area contributed by atoms with Gasteiger partial charge in [0, 0.05) is 19.0 Å². The van der Waals surface area contributed by atoms with Gasteiger partial charge in [0.1, 0.15) is 0 Å². The molecule has 1 saturated heterocycles. The summed E-state index contributed by atoms with van der Waals surface area (Å²) >= 11 is 0. The molecule has 3 rings (SSSR count). The van der Waals surface area contributed by atoms with E-state index in [1.807, 2.05) is 11.7 Å². The summed E-state index contributed by atoms with van der Waals surface area (Å²) in [6.07, 6.45) is 4.06. The quantitative estimate of drug-likeness (QED) is 0.789. The van der Waals surface area contributed by atoms with Crippen LogP contribution in [0.4, 0.5) is 0 Å². The van der Waals surface area contributed by atoms with Crippen LogP contribution in [-0.2, 0) is 13.6 Å². The van der Waals surface area contributed by atoms with Crippen LogP contribution in [0.2, 0.25) is 0 Å². The number of likely N-dealkylation sites (tertiary alicyclic amines) is 1. The van der Waals surface area contributed by atoms with E-state index in [0.29, 0.717) is 0 Å². The third-order valence-corrected chi connectivity index (χ3v) is 3.66. The van der Waals surface area contributed by atoms with Crippen molar-refractivity contribution in [1.82, 2.24) is 14.7 Å². The van der Waals surface area contributed by atoms with Gasteiger partial charge in [0.05, 0.1) is 11.2 Å². The number of aromatic nitrogens is 2. The largest absolute Gasteiger partial charge is 0.297 e. The number of para-hydroxylation sites is 1. The molecule has 17 heavy (non-hydrogen) atoms. The molecule has 1 aromatic heterocycles. The third-order valence-electron chi connectivity index (χ3n) is 3.66. The molecule has 0 bridgehead atoms. The zero-order chi connectivity index (χ0) is 11.7. The van der Waals surface area contributed by atoms with Crippen molar-refractivity contribution in [2.75, 3.05) is 13.1 Å². The molecule has 1 aliphatic heterocycles. The third kappa shape index (κ3) is 2.07. The summed E-state index contributed by atoms with van der Waals surface area (Å²) in [4.78, 5) is 2.53. The molecule has 1 fully saturated rings. The molecule has 0 aliphatic carbocycles. The van der Waals surface area contributed by atoms with E-state index < -0.39 is 0 Å². The van der Waals surface area contributed by atoms with Crippen LogP contribution >= 0.6 is 0 Å². The van der Waals surface area contributed by atoms with Crippen LogP contribution in [0.3, 0.4) is 0 Å².